The van der Waals surface area contributed by atoms with E-state index in [1.165, 1.54) is 11.3 Å². The summed E-state index contributed by atoms with van der Waals surface area (Å²) in [5.41, 5.74) is 4.29. The van der Waals surface area contributed by atoms with Crippen molar-refractivity contribution < 1.29 is 4.74 Å². The molecule has 0 radical (unpaired) electrons. The Bertz CT molecular complexity index is 762. The first-order valence-corrected chi connectivity index (χ1v) is 7.19. The quantitative estimate of drug-likeness (QED) is 0.759. The zero-order chi connectivity index (χ0) is 15.5. The number of hydrogen-bond donors (Lipinski definition) is 2. The molecule has 0 unspecified atom stereocenters. The van der Waals surface area contributed by atoms with Crippen molar-refractivity contribution in [2.75, 3.05) is 31.4 Å². The van der Waals surface area contributed by atoms with E-state index in [2.05, 4.69) is 44.5 Å². The van der Waals surface area contributed by atoms with Gasteiger partial charge in [-0.2, -0.15) is 0 Å². The molecule has 22 heavy (non-hydrogen) atoms. The summed E-state index contributed by atoms with van der Waals surface area (Å²) in [6.07, 6.45) is 0. The molecule has 114 valence electrons. The predicted molar refractivity (Wildman–Crippen MR) is 90.7 cm³/mol. The first-order chi connectivity index (χ1) is 10.7. The number of methoxy groups -OCH3 is 1. The number of benzene rings is 2. The number of nitrogens with one attached hydrogen (secondary N) is 2. The van der Waals surface area contributed by atoms with Crippen molar-refractivity contribution in [2.24, 2.45) is 0 Å². The van der Waals surface area contributed by atoms with Crippen LogP contribution in [0.2, 0.25) is 0 Å². The van der Waals surface area contributed by atoms with Crippen LogP contribution in [0.4, 0.5) is 11.6 Å². The fraction of sp³-hybridized carbons (Fsp3) is 0.235. The molecule has 0 atom stereocenters. The Hall–Kier alpha value is -2.69. The molecule has 2 N–H and O–H groups in total. The van der Waals surface area contributed by atoms with E-state index in [9.17, 15) is 0 Å². The maximum Gasteiger partial charge on any atom is 0.201 e. The maximum atomic E-state index is 5.22. The van der Waals surface area contributed by atoms with Gasteiger partial charge in [0, 0.05) is 32.4 Å². The van der Waals surface area contributed by atoms with E-state index in [0.717, 1.165) is 29.3 Å². The molecule has 3 aromatic rings. The molecule has 1 aromatic heterocycles. The van der Waals surface area contributed by atoms with E-state index in [-0.39, 0.29) is 0 Å². The Balaban J connectivity index is 1.70. The van der Waals surface area contributed by atoms with Crippen LogP contribution in [0, 0.1) is 0 Å². The zero-order valence-corrected chi connectivity index (χ0v) is 13.1. The number of imidazole rings is 1. The third-order valence-electron chi connectivity index (χ3n) is 3.60. The number of rotatable bonds is 5. The van der Waals surface area contributed by atoms with Crippen LogP contribution in [-0.4, -0.2) is 31.2 Å². The normalized spacial score (nSPS) is 10.7. The summed E-state index contributed by atoms with van der Waals surface area (Å²) in [6, 6.07) is 14.3. The van der Waals surface area contributed by atoms with Crippen LogP contribution in [0.3, 0.4) is 0 Å². The van der Waals surface area contributed by atoms with Crippen LogP contribution in [0.15, 0.2) is 42.5 Å². The molecule has 1 heterocycles. The molecule has 2 aromatic carbocycles. The highest BCUT2D eigenvalue weighted by Crippen LogP contribution is 2.20. The van der Waals surface area contributed by atoms with Crippen molar-refractivity contribution in [3.63, 3.8) is 0 Å². The second-order valence-electron chi connectivity index (χ2n) is 5.38. The minimum absolute atomic E-state index is 0.727. The molecule has 0 saturated heterocycles. The van der Waals surface area contributed by atoms with Crippen molar-refractivity contribution in [1.29, 1.82) is 0 Å². The van der Waals surface area contributed by atoms with Crippen molar-refractivity contribution in [3.05, 3.63) is 48.0 Å². The Morgan fingerprint density at radius 1 is 1.14 bits per heavy atom. The molecular formula is C17H20N4O. The number of H-pyrrole nitrogens is 1. The lowest BCUT2D eigenvalue weighted by Crippen LogP contribution is -2.08. The Kier molecular flexibility index (Phi) is 3.87. The van der Waals surface area contributed by atoms with Gasteiger partial charge in [0.25, 0.3) is 0 Å². The van der Waals surface area contributed by atoms with E-state index in [0.29, 0.717) is 0 Å². The summed E-state index contributed by atoms with van der Waals surface area (Å²) in [5, 5.41) is 3.32. The summed E-state index contributed by atoms with van der Waals surface area (Å²) in [5.74, 6) is 1.59. The highest BCUT2D eigenvalue weighted by Gasteiger charge is 2.04. The first-order valence-electron chi connectivity index (χ1n) is 7.19. The number of fused-ring (bicyclic) bond motifs is 1. The van der Waals surface area contributed by atoms with Gasteiger partial charge in [-0.25, -0.2) is 4.98 Å². The van der Waals surface area contributed by atoms with Crippen LogP contribution in [0.5, 0.6) is 5.75 Å². The molecular weight excluding hydrogens is 276 g/mol. The number of ether oxygens (including phenoxy) is 1. The van der Waals surface area contributed by atoms with Gasteiger partial charge in [-0.05, 0) is 29.8 Å². The van der Waals surface area contributed by atoms with E-state index in [1.807, 2.05) is 32.3 Å². The molecule has 0 aliphatic rings. The smallest absolute Gasteiger partial charge is 0.201 e. The van der Waals surface area contributed by atoms with Gasteiger partial charge < -0.3 is 19.9 Å². The van der Waals surface area contributed by atoms with Crippen LogP contribution in [0.25, 0.3) is 11.0 Å². The van der Waals surface area contributed by atoms with E-state index in [1.54, 1.807) is 7.11 Å². The topological polar surface area (TPSA) is 53.2 Å². The molecule has 0 spiro atoms. The zero-order valence-electron chi connectivity index (χ0n) is 13.1. The second kappa shape index (κ2) is 5.97. The van der Waals surface area contributed by atoms with Crippen molar-refractivity contribution in [2.45, 2.75) is 6.54 Å². The molecule has 0 saturated carbocycles. The van der Waals surface area contributed by atoms with Crippen LogP contribution < -0.4 is 15.0 Å². The second-order valence-corrected chi connectivity index (χ2v) is 5.38. The van der Waals surface area contributed by atoms with Gasteiger partial charge in [0.1, 0.15) is 5.75 Å². The largest absolute Gasteiger partial charge is 0.497 e. The molecule has 3 rings (SSSR count). The summed E-state index contributed by atoms with van der Waals surface area (Å²) in [6.45, 7) is 0.727. The number of anilines is 2. The van der Waals surface area contributed by atoms with Gasteiger partial charge in [-0.1, -0.05) is 12.1 Å². The third kappa shape index (κ3) is 2.98. The lowest BCUT2D eigenvalue weighted by atomic mass is 10.2. The Morgan fingerprint density at radius 3 is 2.59 bits per heavy atom. The monoisotopic (exact) mass is 296 g/mol. The van der Waals surface area contributed by atoms with Crippen LogP contribution in [-0.2, 0) is 6.54 Å². The molecule has 0 fully saturated rings. The number of nitrogens with zero attached hydrogens (tertiary/aromatic N) is 2. The summed E-state index contributed by atoms with van der Waals surface area (Å²) >= 11 is 0. The fourth-order valence-corrected chi connectivity index (χ4v) is 2.30. The first kappa shape index (κ1) is 14.3. The fourth-order valence-electron chi connectivity index (χ4n) is 2.30. The van der Waals surface area contributed by atoms with E-state index in [4.69, 9.17) is 4.74 Å². The van der Waals surface area contributed by atoms with Crippen molar-refractivity contribution in [1.82, 2.24) is 9.97 Å². The molecule has 0 aliphatic carbocycles. The van der Waals surface area contributed by atoms with Crippen molar-refractivity contribution in [3.8, 4) is 5.75 Å². The number of hydrogen-bond acceptors (Lipinski definition) is 4. The molecule has 5 nitrogen and oxygen atoms in total. The maximum absolute atomic E-state index is 5.22. The van der Waals surface area contributed by atoms with E-state index < -0.39 is 0 Å². The molecule has 0 amide bonds. The predicted octanol–water partition coefficient (Wildman–Crippen LogP) is 3.25. The summed E-state index contributed by atoms with van der Waals surface area (Å²) in [7, 11) is 5.74. The lowest BCUT2D eigenvalue weighted by Gasteiger charge is -2.12. The third-order valence-corrected chi connectivity index (χ3v) is 3.60. The van der Waals surface area contributed by atoms with Gasteiger partial charge in [-0.3, -0.25) is 0 Å². The summed E-state index contributed by atoms with van der Waals surface area (Å²) < 4.78 is 5.22. The van der Waals surface area contributed by atoms with Crippen molar-refractivity contribution >= 4 is 22.7 Å². The van der Waals surface area contributed by atoms with Gasteiger partial charge in [0.2, 0.25) is 5.95 Å². The highest BCUT2D eigenvalue weighted by atomic mass is 16.5. The van der Waals surface area contributed by atoms with Gasteiger partial charge in [-0.15, -0.1) is 0 Å². The minimum atomic E-state index is 0.727. The van der Waals surface area contributed by atoms with Gasteiger partial charge >= 0.3 is 0 Å². The van der Waals surface area contributed by atoms with Gasteiger partial charge in [0.15, 0.2) is 0 Å². The van der Waals surface area contributed by atoms with Crippen LogP contribution in [0.1, 0.15) is 5.56 Å². The van der Waals surface area contributed by atoms with Crippen LogP contribution >= 0.6 is 0 Å². The average Bonchev–Trinajstić information content (AvgIpc) is 2.95. The lowest BCUT2D eigenvalue weighted by molar-refractivity contribution is 0.415. The summed E-state index contributed by atoms with van der Waals surface area (Å²) in [4.78, 5) is 9.87. The Morgan fingerprint density at radius 2 is 1.91 bits per heavy atom. The number of aromatic nitrogens is 2. The SMILES string of the molecule is COc1ccc2nc(NCc3ccc(N(C)C)cc3)[nH]c2c1. The minimum Gasteiger partial charge on any atom is -0.497 e. The molecule has 0 bridgehead atoms. The molecule has 0 aliphatic heterocycles. The average molecular weight is 296 g/mol. The molecule has 5 heteroatoms. The van der Waals surface area contributed by atoms with E-state index >= 15 is 0 Å². The Labute approximate surface area is 129 Å². The highest BCUT2D eigenvalue weighted by molar-refractivity contribution is 5.79. The standard InChI is InChI=1S/C17H20N4O/c1-21(2)13-6-4-12(5-7-13)11-18-17-19-15-9-8-14(22-3)10-16(15)20-17/h4-10H,11H2,1-3H3,(H2,18,19,20). The number of aromatic amines is 1. The van der Waals surface area contributed by atoms with Gasteiger partial charge in [0.05, 0.1) is 18.1 Å².